The van der Waals surface area contributed by atoms with Crippen LogP contribution in [-0.4, -0.2) is 12.5 Å². The molecule has 1 aromatic carbocycles. The Morgan fingerprint density at radius 2 is 2.06 bits per heavy atom. The lowest BCUT2D eigenvalue weighted by atomic mass is 10.00. The number of ether oxygens (including phenoxy) is 2. The molecule has 2 rings (SSSR count). The second-order valence-electron chi connectivity index (χ2n) is 4.34. The van der Waals surface area contributed by atoms with Crippen molar-refractivity contribution in [2.45, 2.75) is 39.2 Å². The zero-order chi connectivity index (χ0) is 13.5. The molecule has 1 unspecified atom stereocenters. The minimum atomic E-state index is -4.92. The Morgan fingerprint density at radius 1 is 1.39 bits per heavy atom. The molecule has 0 amide bonds. The molecule has 0 bridgehead atoms. The van der Waals surface area contributed by atoms with Crippen molar-refractivity contribution in [3.63, 3.8) is 0 Å². The van der Waals surface area contributed by atoms with Crippen molar-refractivity contribution in [3.8, 4) is 11.5 Å². The zero-order valence-corrected chi connectivity index (χ0v) is 9.90. The van der Waals surface area contributed by atoms with Crippen molar-refractivity contribution in [2.24, 2.45) is 0 Å². The van der Waals surface area contributed by atoms with Gasteiger partial charge < -0.3 is 9.47 Å². The predicted octanol–water partition coefficient (Wildman–Crippen LogP) is 3.75. The van der Waals surface area contributed by atoms with Gasteiger partial charge in [-0.25, -0.2) is 0 Å². The van der Waals surface area contributed by atoms with Gasteiger partial charge in [0.2, 0.25) is 5.82 Å². The van der Waals surface area contributed by atoms with E-state index in [0.29, 0.717) is 18.4 Å². The van der Waals surface area contributed by atoms with Crippen LogP contribution < -0.4 is 9.47 Å². The molecule has 0 N–H and O–H groups in total. The Balaban J connectivity index is 2.46. The SMILES string of the molecule is Cc1cc2c(c(F)c1OC(F)(F)F)OC(C)CC2. The van der Waals surface area contributed by atoms with Crippen molar-refractivity contribution >= 4 is 0 Å². The van der Waals surface area contributed by atoms with Gasteiger partial charge in [0.1, 0.15) is 0 Å². The molecule has 1 atom stereocenters. The molecule has 0 saturated heterocycles. The van der Waals surface area contributed by atoms with Crippen molar-refractivity contribution in [1.29, 1.82) is 0 Å². The van der Waals surface area contributed by atoms with Crippen LogP contribution in [0.5, 0.6) is 11.5 Å². The van der Waals surface area contributed by atoms with E-state index in [2.05, 4.69) is 4.74 Å². The van der Waals surface area contributed by atoms with Crippen molar-refractivity contribution in [2.75, 3.05) is 0 Å². The first-order valence-electron chi connectivity index (χ1n) is 5.52. The summed E-state index contributed by atoms with van der Waals surface area (Å²) >= 11 is 0. The van der Waals surface area contributed by atoms with Crippen LogP contribution in [0.15, 0.2) is 6.07 Å². The van der Waals surface area contributed by atoms with Gasteiger partial charge in [0.25, 0.3) is 0 Å². The van der Waals surface area contributed by atoms with Gasteiger partial charge in [-0.2, -0.15) is 4.39 Å². The Morgan fingerprint density at radius 3 is 2.67 bits per heavy atom. The number of alkyl halides is 3. The van der Waals surface area contributed by atoms with Crippen LogP contribution in [0.2, 0.25) is 0 Å². The fourth-order valence-electron chi connectivity index (χ4n) is 1.98. The number of fused-ring (bicyclic) bond motifs is 1. The van der Waals surface area contributed by atoms with Gasteiger partial charge >= 0.3 is 6.36 Å². The maximum absolute atomic E-state index is 14.0. The first kappa shape index (κ1) is 13.0. The van der Waals surface area contributed by atoms with Crippen molar-refractivity contribution < 1.29 is 27.0 Å². The summed E-state index contributed by atoms with van der Waals surface area (Å²) in [7, 11) is 0. The number of aryl methyl sites for hydroxylation is 2. The fraction of sp³-hybridized carbons (Fsp3) is 0.500. The molecular weight excluding hydrogens is 252 g/mol. The maximum atomic E-state index is 14.0. The van der Waals surface area contributed by atoms with Gasteiger partial charge in [-0.3, -0.25) is 0 Å². The van der Waals surface area contributed by atoms with Gasteiger partial charge in [0.15, 0.2) is 11.5 Å². The molecule has 1 aliphatic heterocycles. The van der Waals surface area contributed by atoms with E-state index in [9.17, 15) is 17.6 Å². The topological polar surface area (TPSA) is 18.5 Å². The minimum absolute atomic E-state index is 0.113. The molecule has 1 aromatic rings. The molecule has 18 heavy (non-hydrogen) atoms. The van der Waals surface area contributed by atoms with Crippen LogP contribution in [0, 0.1) is 12.7 Å². The first-order chi connectivity index (χ1) is 8.28. The van der Waals surface area contributed by atoms with Crippen molar-refractivity contribution in [3.05, 3.63) is 23.0 Å². The average Bonchev–Trinajstić information content (AvgIpc) is 2.24. The highest BCUT2D eigenvalue weighted by Gasteiger charge is 2.35. The number of halogens is 4. The third kappa shape index (κ3) is 2.52. The summed E-state index contributed by atoms with van der Waals surface area (Å²) in [6.07, 6.45) is -3.83. The van der Waals surface area contributed by atoms with Crippen LogP contribution in [0.25, 0.3) is 0 Å². The van der Waals surface area contributed by atoms with E-state index in [4.69, 9.17) is 4.74 Å². The van der Waals surface area contributed by atoms with E-state index >= 15 is 0 Å². The largest absolute Gasteiger partial charge is 0.573 e. The van der Waals surface area contributed by atoms with E-state index in [1.165, 1.54) is 13.0 Å². The molecular formula is C12H12F4O2. The summed E-state index contributed by atoms with van der Waals surface area (Å²) in [5.74, 6) is -2.01. The second-order valence-corrected chi connectivity index (χ2v) is 4.34. The Hall–Kier alpha value is -1.46. The molecule has 0 fully saturated rings. The zero-order valence-electron chi connectivity index (χ0n) is 9.90. The maximum Gasteiger partial charge on any atom is 0.573 e. The standard InChI is InChI=1S/C12H12F4O2/c1-6-5-8-4-3-7(2)17-11(8)9(13)10(6)18-12(14,15)16/h5,7H,3-4H2,1-2H3. The van der Waals surface area contributed by atoms with Gasteiger partial charge in [0.05, 0.1) is 6.10 Å². The first-order valence-corrected chi connectivity index (χ1v) is 5.52. The molecule has 6 heteroatoms. The van der Waals surface area contributed by atoms with E-state index in [-0.39, 0.29) is 17.4 Å². The highest BCUT2D eigenvalue weighted by molar-refractivity contribution is 5.48. The third-order valence-corrected chi connectivity index (χ3v) is 2.80. The fourth-order valence-corrected chi connectivity index (χ4v) is 1.98. The molecule has 0 radical (unpaired) electrons. The number of hydrogen-bond donors (Lipinski definition) is 0. The van der Waals surface area contributed by atoms with Crippen LogP contribution in [0.1, 0.15) is 24.5 Å². The number of benzene rings is 1. The summed E-state index contributed by atoms with van der Waals surface area (Å²) in [6, 6.07) is 1.48. The van der Waals surface area contributed by atoms with Gasteiger partial charge in [-0.1, -0.05) is 0 Å². The van der Waals surface area contributed by atoms with Crippen LogP contribution in [0.3, 0.4) is 0 Å². The van der Waals surface area contributed by atoms with Gasteiger partial charge in [-0.15, -0.1) is 13.2 Å². The number of rotatable bonds is 1. The average molecular weight is 264 g/mol. The molecule has 0 spiro atoms. The molecule has 100 valence electrons. The Bertz CT molecular complexity index is 468. The summed E-state index contributed by atoms with van der Waals surface area (Å²) in [5.41, 5.74) is 0.694. The highest BCUT2D eigenvalue weighted by Crippen LogP contribution is 2.39. The lowest BCUT2D eigenvalue weighted by Gasteiger charge is -2.25. The van der Waals surface area contributed by atoms with Crippen molar-refractivity contribution in [1.82, 2.24) is 0 Å². The molecule has 1 aliphatic rings. The highest BCUT2D eigenvalue weighted by atomic mass is 19.4. The Kier molecular flexibility index (Phi) is 3.12. The lowest BCUT2D eigenvalue weighted by molar-refractivity contribution is -0.275. The van der Waals surface area contributed by atoms with Crippen LogP contribution >= 0.6 is 0 Å². The van der Waals surface area contributed by atoms with Gasteiger partial charge in [-0.05, 0) is 43.9 Å². The van der Waals surface area contributed by atoms with E-state index in [0.717, 1.165) is 0 Å². The number of hydrogen-bond acceptors (Lipinski definition) is 2. The molecule has 2 nitrogen and oxygen atoms in total. The van der Waals surface area contributed by atoms with Crippen LogP contribution in [-0.2, 0) is 6.42 Å². The second kappa shape index (κ2) is 4.33. The monoisotopic (exact) mass is 264 g/mol. The molecule has 1 heterocycles. The lowest BCUT2D eigenvalue weighted by Crippen LogP contribution is -2.23. The van der Waals surface area contributed by atoms with E-state index in [1.54, 1.807) is 6.92 Å². The molecule has 0 saturated carbocycles. The van der Waals surface area contributed by atoms with Crippen LogP contribution in [0.4, 0.5) is 17.6 Å². The summed E-state index contributed by atoms with van der Waals surface area (Å²) in [5, 5.41) is 0. The minimum Gasteiger partial charge on any atom is -0.487 e. The summed E-state index contributed by atoms with van der Waals surface area (Å²) in [4.78, 5) is 0. The molecule has 0 aliphatic carbocycles. The van der Waals surface area contributed by atoms with E-state index < -0.39 is 17.9 Å². The quantitative estimate of drug-likeness (QED) is 0.719. The molecule has 0 aromatic heterocycles. The smallest absolute Gasteiger partial charge is 0.487 e. The van der Waals surface area contributed by atoms with E-state index in [1.807, 2.05) is 0 Å². The normalized spacial score (nSPS) is 19.1. The summed E-state index contributed by atoms with van der Waals surface area (Å²) in [6.45, 7) is 3.12. The Labute approximate surface area is 102 Å². The predicted molar refractivity (Wildman–Crippen MR) is 56.2 cm³/mol. The summed E-state index contributed by atoms with van der Waals surface area (Å²) < 4.78 is 59.5. The third-order valence-electron chi connectivity index (χ3n) is 2.80. The van der Waals surface area contributed by atoms with Gasteiger partial charge in [0, 0.05) is 0 Å².